The second-order valence-electron chi connectivity index (χ2n) is 3.92. The minimum atomic E-state index is -0.712. The van der Waals surface area contributed by atoms with E-state index in [9.17, 15) is 14.4 Å². The predicted molar refractivity (Wildman–Crippen MR) is 81.8 cm³/mol. The van der Waals surface area contributed by atoms with Gasteiger partial charge in [0.2, 0.25) is 11.8 Å². The van der Waals surface area contributed by atoms with Crippen LogP contribution in [-0.4, -0.2) is 21.4 Å². The number of anilines is 1. The smallest absolute Gasteiger partial charge is 0.277 e. The van der Waals surface area contributed by atoms with E-state index in [1.807, 2.05) is 27.7 Å². The fraction of sp³-hybridized carbons (Fsp3) is 0.571. The normalized spacial score (nSPS) is 16.9. The monoisotopic (exact) mass is 296 g/mol. The van der Waals surface area contributed by atoms with Crippen LogP contribution >= 0.6 is 0 Å². The van der Waals surface area contributed by atoms with Crippen molar-refractivity contribution >= 4 is 17.5 Å². The molecule has 0 saturated carbocycles. The van der Waals surface area contributed by atoms with Gasteiger partial charge >= 0.3 is 0 Å². The second kappa shape index (κ2) is 8.89. The predicted octanol–water partition coefficient (Wildman–Crippen LogP) is 1.16. The number of amides is 2. The highest BCUT2D eigenvalue weighted by Gasteiger charge is 2.29. The first kappa shape index (κ1) is 18.8. The minimum absolute atomic E-state index is 0.0252. The van der Waals surface area contributed by atoms with Gasteiger partial charge in [0.25, 0.3) is 5.56 Å². The molecule has 1 unspecified atom stereocenters. The molecule has 1 aliphatic heterocycles. The van der Waals surface area contributed by atoms with E-state index in [0.29, 0.717) is 5.69 Å². The van der Waals surface area contributed by atoms with Crippen LogP contribution < -0.4 is 16.6 Å². The van der Waals surface area contributed by atoms with Gasteiger partial charge in [-0.2, -0.15) is 0 Å². The van der Waals surface area contributed by atoms with E-state index in [-0.39, 0.29) is 24.4 Å². The van der Waals surface area contributed by atoms with Crippen LogP contribution in [0.25, 0.3) is 0 Å². The number of aromatic nitrogens is 2. The van der Waals surface area contributed by atoms with Gasteiger partial charge < -0.3 is 5.73 Å². The SMILES string of the molecule is CC.CC.Cc1ncn(C2CCC(=O)NC2=O)c(=O)c1N. The summed E-state index contributed by atoms with van der Waals surface area (Å²) >= 11 is 0. The molecular formula is C14H24N4O3. The Hall–Kier alpha value is -2.18. The van der Waals surface area contributed by atoms with Crippen molar-refractivity contribution in [1.82, 2.24) is 14.9 Å². The molecule has 0 aliphatic carbocycles. The Bertz CT molecular complexity index is 552. The van der Waals surface area contributed by atoms with Crippen molar-refractivity contribution in [2.75, 3.05) is 5.73 Å². The summed E-state index contributed by atoms with van der Waals surface area (Å²) in [6.07, 6.45) is 1.78. The average Bonchev–Trinajstić information content (AvgIpc) is 2.50. The number of nitrogens with zero attached hydrogens (tertiary/aromatic N) is 2. The molecule has 1 atom stereocenters. The molecule has 2 amide bonds. The lowest BCUT2D eigenvalue weighted by Gasteiger charge is -2.22. The number of nitrogens with one attached hydrogen (secondary N) is 1. The number of nitrogens with two attached hydrogens (primary N) is 1. The molecule has 3 N–H and O–H groups in total. The van der Waals surface area contributed by atoms with Crippen molar-refractivity contribution in [1.29, 1.82) is 0 Å². The fourth-order valence-corrected chi connectivity index (χ4v) is 1.73. The van der Waals surface area contributed by atoms with Crippen LogP contribution in [0.15, 0.2) is 11.1 Å². The molecule has 0 spiro atoms. The number of rotatable bonds is 1. The van der Waals surface area contributed by atoms with Crippen LogP contribution in [0.1, 0.15) is 52.3 Å². The van der Waals surface area contributed by atoms with Crippen LogP contribution in [0.4, 0.5) is 5.69 Å². The number of piperidine rings is 1. The Morgan fingerprint density at radius 1 is 1.24 bits per heavy atom. The lowest BCUT2D eigenvalue weighted by Crippen LogP contribution is -2.44. The van der Waals surface area contributed by atoms with E-state index in [0.717, 1.165) is 0 Å². The Kier molecular flexibility index (Phi) is 7.96. The number of carbonyl (C=O) groups excluding carboxylic acids is 2. The summed E-state index contributed by atoms with van der Waals surface area (Å²) in [6, 6.07) is -0.712. The number of hydrogen-bond acceptors (Lipinski definition) is 5. The Balaban J connectivity index is 0.000000921. The third-order valence-electron chi connectivity index (χ3n) is 2.78. The molecule has 0 bridgehead atoms. The Morgan fingerprint density at radius 2 is 1.81 bits per heavy atom. The van der Waals surface area contributed by atoms with Gasteiger partial charge in [0.05, 0.1) is 12.0 Å². The number of imide groups is 1. The lowest BCUT2D eigenvalue weighted by atomic mass is 10.1. The maximum atomic E-state index is 11.8. The number of aryl methyl sites for hydroxylation is 1. The van der Waals surface area contributed by atoms with E-state index in [1.54, 1.807) is 6.92 Å². The molecule has 1 aliphatic rings. The highest BCUT2D eigenvalue weighted by Crippen LogP contribution is 2.16. The van der Waals surface area contributed by atoms with Crippen LogP contribution in [0.5, 0.6) is 0 Å². The molecule has 2 rings (SSSR count). The quantitative estimate of drug-likeness (QED) is 0.756. The van der Waals surface area contributed by atoms with Crippen LogP contribution in [0.3, 0.4) is 0 Å². The lowest BCUT2D eigenvalue weighted by molar-refractivity contribution is -0.135. The summed E-state index contributed by atoms with van der Waals surface area (Å²) in [6.45, 7) is 9.62. The van der Waals surface area contributed by atoms with Crippen LogP contribution in [0.2, 0.25) is 0 Å². The van der Waals surface area contributed by atoms with Gasteiger partial charge in [-0.15, -0.1) is 0 Å². The minimum Gasteiger partial charge on any atom is -0.393 e. The summed E-state index contributed by atoms with van der Waals surface area (Å²) in [5.74, 6) is -0.819. The van der Waals surface area contributed by atoms with E-state index in [4.69, 9.17) is 5.73 Å². The third-order valence-corrected chi connectivity index (χ3v) is 2.78. The van der Waals surface area contributed by atoms with E-state index < -0.39 is 17.5 Å². The van der Waals surface area contributed by atoms with Crippen molar-refractivity contribution in [3.8, 4) is 0 Å². The molecule has 2 heterocycles. The van der Waals surface area contributed by atoms with E-state index >= 15 is 0 Å². The maximum Gasteiger partial charge on any atom is 0.277 e. The molecular weight excluding hydrogens is 272 g/mol. The summed E-state index contributed by atoms with van der Waals surface area (Å²) in [4.78, 5) is 38.4. The molecule has 1 saturated heterocycles. The zero-order valence-corrected chi connectivity index (χ0v) is 13.3. The van der Waals surface area contributed by atoms with Gasteiger partial charge in [-0.25, -0.2) is 4.98 Å². The molecule has 0 aromatic carbocycles. The van der Waals surface area contributed by atoms with Gasteiger partial charge in [0.1, 0.15) is 11.7 Å². The average molecular weight is 296 g/mol. The topological polar surface area (TPSA) is 107 Å². The Labute approximate surface area is 124 Å². The van der Waals surface area contributed by atoms with Crippen molar-refractivity contribution < 1.29 is 9.59 Å². The number of nitrogen functional groups attached to an aromatic ring is 1. The zero-order chi connectivity index (χ0) is 16.6. The third kappa shape index (κ3) is 4.40. The molecule has 1 fully saturated rings. The van der Waals surface area contributed by atoms with Gasteiger partial charge in [-0.1, -0.05) is 27.7 Å². The first-order valence-corrected chi connectivity index (χ1v) is 7.17. The Morgan fingerprint density at radius 3 is 2.33 bits per heavy atom. The summed E-state index contributed by atoms with van der Waals surface area (Å²) in [7, 11) is 0. The maximum absolute atomic E-state index is 11.8. The first-order valence-electron chi connectivity index (χ1n) is 7.17. The van der Waals surface area contributed by atoms with Gasteiger partial charge in [0.15, 0.2) is 0 Å². The zero-order valence-electron chi connectivity index (χ0n) is 13.3. The molecule has 7 nitrogen and oxygen atoms in total. The molecule has 21 heavy (non-hydrogen) atoms. The van der Waals surface area contributed by atoms with Crippen molar-refractivity contribution in [3.63, 3.8) is 0 Å². The first-order chi connectivity index (χ1) is 10.0. The molecule has 7 heteroatoms. The number of hydrogen-bond donors (Lipinski definition) is 2. The van der Waals surface area contributed by atoms with Gasteiger partial charge in [-0.3, -0.25) is 24.3 Å². The van der Waals surface area contributed by atoms with Crippen molar-refractivity contribution in [3.05, 3.63) is 22.4 Å². The van der Waals surface area contributed by atoms with Gasteiger partial charge in [0, 0.05) is 6.42 Å². The summed E-state index contributed by atoms with van der Waals surface area (Å²) in [5.41, 5.74) is 5.57. The van der Waals surface area contributed by atoms with E-state index in [2.05, 4.69) is 10.3 Å². The summed E-state index contributed by atoms with van der Waals surface area (Å²) in [5, 5.41) is 2.18. The largest absolute Gasteiger partial charge is 0.393 e. The standard InChI is InChI=1S/C10H12N4O3.2C2H6/c1-5-8(11)10(17)14(4-12-5)6-2-3-7(15)13-9(6)16;2*1-2/h4,6H,2-3,11H2,1H3,(H,13,15,16);2*1-2H3. The van der Waals surface area contributed by atoms with Crippen molar-refractivity contribution in [2.45, 2.75) is 53.5 Å². The van der Waals surface area contributed by atoms with Crippen LogP contribution in [0, 0.1) is 6.92 Å². The second-order valence-corrected chi connectivity index (χ2v) is 3.92. The van der Waals surface area contributed by atoms with Crippen molar-refractivity contribution in [2.24, 2.45) is 0 Å². The molecule has 1 aromatic rings. The van der Waals surface area contributed by atoms with Crippen LogP contribution in [-0.2, 0) is 9.59 Å². The van der Waals surface area contributed by atoms with E-state index in [1.165, 1.54) is 10.9 Å². The molecule has 118 valence electrons. The number of carbonyl (C=O) groups is 2. The molecule has 0 radical (unpaired) electrons. The highest BCUT2D eigenvalue weighted by atomic mass is 16.2. The molecule has 1 aromatic heterocycles. The van der Waals surface area contributed by atoms with Gasteiger partial charge in [-0.05, 0) is 13.3 Å². The highest BCUT2D eigenvalue weighted by molar-refractivity contribution is 5.99. The fourth-order valence-electron chi connectivity index (χ4n) is 1.73. The summed E-state index contributed by atoms with van der Waals surface area (Å²) < 4.78 is 1.17.